The molecule has 8 nitrogen and oxygen atoms in total. The maximum Gasteiger partial charge on any atom is 0.239 e. The quantitative estimate of drug-likeness (QED) is 0.208. The minimum atomic E-state index is 0. The van der Waals surface area contributed by atoms with Gasteiger partial charge >= 0.3 is 0 Å². The zero-order valence-corrected chi connectivity index (χ0v) is 21.4. The van der Waals surface area contributed by atoms with E-state index in [0.717, 1.165) is 69.2 Å². The number of aliphatic imine (C=N–C) groups is 1. The monoisotopic (exact) mass is 534 g/mol. The van der Waals surface area contributed by atoms with Crippen LogP contribution in [0.25, 0.3) is 0 Å². The van der Waals surface area contributed by atoms with Crippen molar-refractivity contribution in [3.05, 3.63) is 17.5 Å². The van der Waals surface area contributed by atoms with Crippen LogP contribution in [-0.4, -0.2) is 73.6 Å². The summed E-state index contributed by atoms with van der Waals surface area (Å²) in [6.45, 7) is 7.62. The van der Waals surface area contributed by atoms with Crippen molar-refractivity contribution in [2.45, 2.75) is 64.5 Å². The average Bonchev–Trinajstić information content (AvgIpc) is 3.37. The van der Waals surface area contributed by atoms with Crippen molar-refractivity contribution in [2.75, 3.05) is 40.8 Å². The van der Waals surface area contributed by atoms with Crippen molar-refractivity contribution in [3.63, 3.8) is 0 Å². The number of halogens is 1. The Bertz CT molecular complexity index is 660. The van der Waals surface area contributed by atoms with Gasteiger partial charge in [-0.1, -0.05) is 19.0 Å². The van der Waals surface area contributed by atoms with Crippen LogP contribution in [0.2, 0.25) is 0 Å². The van der Waals surface area contributed by atoms with Crippen LogP contribution in [0, 0.1) is 0 Å². The number of nitrogens with one attached hydrogen (secondary N) is 2. The highest BCUT2D eigenvalue weighted by Gasteiger charge is 2.30. The van der Waals surface area contributed by atoms with E-state index in [-0.39, 0.29) is 35.9 Å². The molecular weight excluding hydrogens is 495 g/mol. The van der Waals surface area contributed by atoms with Gasteiger partial charge in [0, 0.05) is 46.2 Å². The van der Waals surface area contributed by atoms with E-state index in [4.69, 9.17) is 4.52 Å². The number of guanidine groups is 1. The minimum Gasteiger partial charge on any atom is -0.359 e. The predicted molar refractivity (Wildman–Crippen MR) is 131 cm³/mol. The number of carbonyl (C=O) groups excluding carboxylic acids is 1. The van der Waals surface area contributed by atoms with Gasteiger partial charge in [-0.15, -0.1) is 24.0 Å². The molecule has 1 aromatic rings. The van der Waals surface area contributed by atoms with E-state index in [2.05, 4.69) is 39.5 Å². The summed E-state index contributed by atoms with van der Waals surface area (Å²) >= 11 is 0. The Morgan fingerprint density at radius 2 is 2.10 bits per heavy atom. The van der Waals surface area contributed by atoms with Gasteiger partial charge in [0.25, 0.3) is 0 Å². The molecule has 172 valence electrons. The molecule has 2 rings (SSSR count). The lowest BCUT2D eigenvalue weighted by Crippen LogP contribution is -2.44. The Labute approximate surface area is 198 Å². The van der Waals surface area contributed by atoms with Crippen LogP contribution in [0.1, 0.15) is 63.3 Å². The molecule has 1 aliphatic heterocycles. The smallest absolute Gasteiger partial charge is 0.239 e. The largest absolute Gasteiger partial charge is 0.359 e. The van der Waals surface area contributed by atoms with Crippen LogP contribution in [-0.2, 0) is 11.3 Å². The molecule has 0 spiro atoms. The summed E-state index contributed by atoms with van der Waals surface area (Å²) < 4.78 is 5.45. The molecule has 0 saturated carbocycles. The molecule has 2 heterocycles. The van der Waals surface area contributed by atoms with Crippen molar-refractivity contribution >= 4 is 35.8 Å². The fraction of sp³-hybridized carbons (Fsp3) is 0.762. The fourth-order valence-electron chi connectivity index (χ4n) is 3.86. The number of nitrogens with zero attached hydrogens (tertiary/aromatic N) is 4. The summed E-state index contributed by atoms with van der Waals surface area (Å²) in [5.41, 5.74) is 1.03. The van der Waals surface area contributed by atoms with Crippen LogP contribution in [0.5, 0.6) is 0 Å². The van der Waals surface area contributed by atoms with Gasteiger partial charge in [-0.2, -0.15) is 0 Å². The summed E-state index contributed by atoms with van der Waals surface area (Å²) in [4.78, 5) is 20.5. The molecule has 1 saturated heterocycles. The van der Waals surface area contributed by atoms with Gasteiger partial charge in [0.15, 0.2) is 11.7 Å². The number of amides is 1. The minimum absolute atomic E-state index is 0. The molecular formula is C21H39IN6O2. The highest BCUT2D eigenvalue weighted by Crippen LogP contribution is 2.22. The van der Waals surface area contributed by atoms with Gasteiger partial charge < -0.3 is 20.1 Å². The van der Waals surface area contributed by atoms with Crippen molar-refractivity contribution in [3.8, 4) is 0 Å². The van der Waals surface area contributed by atoms with Gasteiger partial charge in [-0.25, -0.2) is 0 Å². The fourth-order valence-corrected chi connectivity index (χ4v) is 3.86. The Morgan fingerprint density at radius 1 is 1.37 bits per heavy atom. The summed E-state index contributed by atoms with van der Waals surface area (Å²) in [5.74, 6) is 2.23. The molecule has 0 aromatic carbocycles. The molecule has 0 bridgehead atoms. The topological polar surface area (TPSA) is 86.0 Å². The van der Waals surface area contributed by atoms with Crippen LogP contribution >= 0.6 is 24.0 Å². The third-order valence-corrected chi connectivity index (χ3v) is 5.64. The zero-order chi connectivity index (χ0) is 21.2. The molecule has 9 heteroatoms. The lowest BCUT2D eigenvalue weighted by atomic mass is 9.99. The second kappa shape index (κ2) is 13.8. The Balaban J connectivity index is 0.00000450. The first-order valence-corrected chi connectivity index (χ1v) is 10.8. The molecule has 1 amide bonds. The standard InChI is InChI=1S/C21H38N6O2.HI/c1-6-16(7-2)18-14-17(29-25-18)15-24-21(22-3)23-11-9-13-27-12-8-10-19(27)20(28)26(4)5;/h14,16,19H,6-13,15H2,1-5H3,(H2,22,23,24);1H. The van der Waals surface area contributed by atoms with Gasteiger partial charge in [-0.05, 0) is 38.6 Å². The lowest BCUT2D eigenvalue weighted by Gasteiger charge is -2.26. The first-order chi connectivity index (χ1) is 14.0. The number of hydrogen-bond donors (Lipinski definition) is 2. The average molecular weight is 534 g/mol. The molecule has 2 N–H and O–H groups in total. The van der Waals surface area contributed by atoms with Gasteiger partial charge in [0.2, 0.25) is 5.91 Å². The van der Waals surface area contributed by atoms with E-state index < -0.39 is 0 Å². The van der Waals surface area contributed by atoms with E-state index in [1.54, 1.807) is 11.9 Å². The van der Waals surface area contributed by atoms with E-state index in [1.165, 1.54) is 0 Å². The normalized spacial score (nSPS) is 17.1. The number of likely N-dealkylation sites (tertiary alicyclic amines) is 1. The van der Waals surface area contributed by atoms with Crippen LogP contribution in [0.3, 0.4) is 0 Å². The number of rotatable bonds is 10. The molecule has 1 aromatic heterocycles. The molecule has 30 heavy (non-hydrogen) atoms. The van der Waals surface area contributed by atoms with Crippen molar-refractivity contribution in [2.24, 2.45) is 4.99 Å². The highest BCUT2D eigenvalue weighted by atomic mass is 127. The molecule has 1 fully saturated rings. The maximum absolute atomic E-state index is 12.3. The Kier molecular flexibility index (Phi) is 12.3. The highest BCUT2D eigenvalue weighted by molar-refractivity contribution is 14.0. The summed E-state index contributed by atoms with van der Waals surface area (Å²) in [6.07, 6.45) is 5.15. The second-order valence-electron chi connectivity index (χ2n) is 7.86. The van der Waals surface area contributed by atoms with Crippen LogP contribution in [0.15, 0.2) is 15.6 Å². The second-order valence-corrected chi connectivity index (χ2v) is 7.86. The summed E-state index contributed by atoms with van der Waals surface area (Å²) in [6, 6.07) is 2.07. The summed E-state index contributed by atoms with van der Waals surface area (Å²) in [5, 5.41) is 10.8. The van der Waals surface area contributed by atoms with Gasteiger partial charge in [0.05, 0.1) is 18.3 Å². The van der Waals surface area contributed by atoms with Crippen LogP contribution in [0.4, 0.5) is 0 Å². The number of aromatic nitrogens is 1. The first kappa shape index (κ1) is 26.7. The Hall–Kier alpha value is -1.36. The van der Waals surface area contributed by atoms with E-state index in [0.29, 0.717) is 12.5 Å². The summed E-state index contributed by atoms with van der Waals surface area (Å²) in [7, 11) is 5.42. The van der Waals surface area contributed by atoms with Crippen molar-refractivity contribution < 1.29 is 9.32 Å². The molecule has 1 aliphatic rings. The number of hydrogen-bond acceptors (Lipinski definition) is 5. The van der Waals surface area contributed by atoms with E-state index in [1.807, 2.05) is 20.2 Å². The third-order valence-electron chi connectivity index (χ3n) is 5.64. The van der Waals surface area contributed by atoms with E-state index >= 15 is 0 Å². The number of carbonyl (C=O) groups is 1. The Morgan fingerprint density at radius 3 is 2.73 bits per heavy atom. The van der Waals surface area contributed by atoms with Gasteiger partial charge in [0.1, 0.15) is 0 Å². The maximum atomic E-state index is 12.3. The predicted octanol–water partition coefficient (Wildman–Crippen LogP) is 2.80. The molecule has 1 unspecified atom stereocenters. The molecule has 0 aliphatic carbocycles. The van der Waals surface area contributed by atoms with Crippen molar-refractivity contribution in [1.82, 2.24) is 25.6 Å². The lowest BCUT2D eigenvalue weighted by molar-refractivity contribution is -0.133. The third kappa shape index (κ3) is 7.72. The zero-order valence-electron chi connectivity index (χ0n) is 19.1. The molecule has 0 radical (unpaired) electrons. The molecule has 1 atom stereocenters. The van der Waals surface area contributed by atoms with Crippen molar-refractivity contribution in [1.29, 1.82) is 0 Å². The SMILES string of the molecule is CCC(CC)c1cc(CNC(=NC)NCCCN2CCCC2C(=O)N(C)C)on1.I. The number of likely N-dealkylation sites (N-methyl/N-ethyl adjacent to an activating group) is 1. The van der Waals surface area contributed by atoms with Crippen LogP contribution < -0.4 is 10.6 Å². The van der Waals surface area contributed by atoms with Gasteiger partial charge in [-0.3, -0.25) is 14.7 Å². The van der Waals surface area contributed by atoms with E-state index in [9.17, 15) is 4.79 Å². The first-order valence-electron chi connectivity index (χ1n) is 10.8.